The molecule has 2 aromatic carbocycles. The van der Waals surface area contributed by atoms with Crippen LogP contribution < -0.4 is 10.9 Å². The molecule has 0 radical (unpaired) electrons. The standard InChI is InChI=1S/C21H18BrN3O4S2/c22-14-6-3-5-13(11-14)12-17-20(29)25(21(30)31-17)10-4-9-18(27)23-24-19(28)15-7-1-2-8-16(15)26/h1-3,5-8,11-12,26H,4,9-10H2,(H,23,27)(H,24,28). The van der Waals surface area contributed by atoms with Crippen molar-refractivity contribution < 1.29 is 19.5 Å². The number of rotatable bonds is 6. The number of para-hydroxylation sites is 1. The molecular weight excluding hydrogens is 502 g/mol. The highest BCUT2D eigenvalue weighted by Gasteiger charge is 2.31. The molecule has 1 aliphatic rings. The van der Waals surface area contributed by atoms with Crippen molar-refractivity contribution in [3.8, 4) is 5.75 Å². The number of amides is 3. The summed E-state index contributed by atoms with van der Waals surface area (Å²) in [6.45, 7) is 0.293. The Labute approximate surface area is 197 Å². The molecule has 0 atom stereocenters. The van der Waals surface area contributed by atoms with Gasteiger partial charge in [0.05, 0.1) is 10.5 Å². The average Bonchev–Trinajstić information content (AvgIpc) is 2.99. The SMILES string of the molecule is O=C(CCCN1C(=O)C(=Cc2cccc(Br)c2)SC1=S)NNC(=O)c1ccccc1O. The van der Waals surface area contributed by atoms with Crippen LogP contribution in [-0.4, -0.2) is 38.6 Å². The van der Waals surface area contributed by atoms with Crippen molar-refractivity contribution in [1.82, 2.24) is 15.8 Å². The molecule has 31 heavy (non-hydrogen) atoms. The zero-order valence-corrected chi connectivity index (χ0v) is 19.4. The van der Waals surface area contributed by atoms with Gasteiger partial charge in [-0.2, -0.15) is 0 Å². The van der Waals surface area contributed by atoms with E-state index < -0.39 is 11.8 Å². The summed E-state index contributed by atoms with van der Waals surface area (Å²) in [5.41, 5.74) is 5.49. The molecule has 1 heterocycles. The number of halogens is 1. The fourth-order valence-electron chi connectivity index (χ4n) is 2.76. The third-order valence-electron chi connectivity index (χ3n) is 4.27. The van der Waals surface area contributed by atoms with Gasteiger partial charge in [-0.1, -0.05) is 64.2 Å². The van der Waals surface area contributed by atoms with Gasteiger partial charge in [0.2, 0.25) is 5.91 Å². The summed E-state index contributed by atoms with van der Waals surface area (Å²) in [5.74, 6) is -1.41. The molecule has 1 saturated heterocycles. The zero-order chi connectivity index (χ0) is 22.4. The van der Waals surface area contributed by atoms with E-state index >= 15 is 0 Å². The summed E-state index contributed by atoms with van der Waals surface area (Å²) in [4.78, 5) is 38.6. The van der Waals surface area contributed by atoms with Gasteiger partial charge in [0.1, 0.15) is 10.1 Å². The maximum Gasteiger partial charge on any atom is 0.273 e. The number of hydrogen-bond acceptors (Lipinski definition) is 6. The van der Waals surface area contributed by atoms with E-state index in [0.29, 0.717) is 22.2 Å². The normalized spacial score (nSPS) is 14.7. The van der Waals surface area contributed by atoms with Crippen LogP contribution in [0.1, 0.15) is 28.8 Å². The average molecular weight is 520 g/mol. The van der Waals surface area contributed by atoms with Gasteiger partial charge in [0.25, 0.3) is 11.8 Å². The van der Waals surface area contributed by atoms with Crippen LogP contribution in [0.4, 0.5) is 0 Å². The van der Waals surface area contributed by atoms with Crippen LogP contribution in [-0.2, 0) is 9.59 Å². The summed E-state index contributed by atoms with van der Waals surface area (Å²) in [6, 6.07) is 13.6. The first kappa shape index (κ1) is 23.0. The third kappa shape index (κ3) is 6.16. The Bertz CT molecular complexity index is 1070. The van der Waals surface area contributed by atoms with Gasteiger partial charge in [0.15, 0.2) is 0 Å². The van der Waals surface area contributed by atoms with Gasteiger partial charge in [-0.05, 0) is 42.3 Å². The van der Waals surface area contributed by atoms with Gasteiger partial charge in [-0.25, -0.2) is 0 Å². The molecular formula is C21H18BrN3O4S2. The van der Waals surface area contributed by atoms with E-state index in [1.807, 2.05) is 24.3 Å². The third-order valence-corrected chi connectivity index (χ3v) is 6.14. The van der Waals surface area contributed by atoms with E-state index in [0.717, 1.165) is 10.0 Å². The highest BCUT2D eigenvalue weighted by molar-refractivity contribution is 9.10. The molecule has 2 aromatic rings. The van der Waals surface area contributed by atoms with E-state index in [4.69, 9.17) is 12.2 Å². The second-order valence-corrected chi connectivity index (χ2v) is 9.10. The number of carbonyl (C=O) groups is 3. The quantitative estimate of drug-likeness (QED) is 0.306. The zero-order valence-electron chi connectivity index (χ0n) is 16.1. The molecule has 160 valence electrons. The monoisotopic (exact) mass is 519 g/mol. The topological polar surface area (TPSA) is 98.7 Å². The molecule has 0 bridgehead atoms. The number of benzene rings is 2. The van der Waals surface area contributed by atoms with Crippen molar-refractivity contribution in [3.63, 3.8) is 0 Å². The molecule has 7 nitrogen and oxygen atoms in total. The van der Waals surface area contributed by atoms with E-state index in [9.17, 15) is 19.5 Å². The number of hydrazine groups is 1. The molecule has 3 rings (SSSR count). The predicted molar refractivity (Wildman–Crippen MR) is 127 cm³/mol. The fourth-order valence-corrected chi connectivity index (χ4v) is 4.49. The van der Waals surface area contributed by atoms with E-state index in [2.05, 4.69) is 26.8 Å². The van der Waals surface area contributed by atoms with Gasteiger partial charge >= 0.3 is 0 Å². The van der Waals surface area contributed by atoms with Crippen molar-refractivity contribution in [1.29, 1.82) is 0 Å². The number of carbonyl (C=O) groups excluding carboxylic acids is 3. The van der Waals surface area contributed by atoms with E-state index in [1.165, 1.54) is 28.8 Å². The summed E-state index contributed by atoms with van der Waals surface area (Å²) < 4.78 is 1.36. The van der Waals surface area contributed by atoms with Gasteiger partial charge < -0.3 is 5.11 Å². The molecule has 0 unspecified atom stereocenters. The number of nitrogens with zero attached hydrogens (tertiary/aromatic N) is 1. The number of thiocarbonyl (C=S) groups is 1. The number of phenolic OH excluding ortho intramolecular Hbond substituents is 1. The van der Waals surface area contributed by atoms with Crippen LogP contribution in [0.15, 0.2) is 57.9 Å². The number of aromatic hydroxyl groups is 1. The molecule has 3 amide bonds. The van der Waals surface area contributed by atoms with Crippen LogP contribution >= 0.6 is 39.9 Å². The number of thioether (sulfide) groups is 1. The molecule has 0 aliphatic carbocycles. The molecule has 1 aliphatic heterocycles. The van der Waals surface area contributed by atoms with Gasteiger partial charge in [0, 0.05) is 17.4 Å². The summed E-state index contributed by atoms with van der Waals surface area (Å²) in [7, 11) is 0. The first-order chi connectivity index (χ1) is 14.8. The highest BCUT2D eigenvalue weighted by atomic mass is 79.9. The molecule has 0 aromatic heterocycles. The van der Waals surface area contributed by atoms with E-state index in [1.54, 1.807) is 18.2 Å². The molecule has 10 heteroatoms. The molecule has 1 fully saturated rings. The Kier molecular flexibility index (Phi) is 7.83. The van der Waals surface area contributed by atoms with Crippen molar-refractivity contribution in [2.24, 2.45) is 0 Å². The van der Waals surface area contributed by atoms with Crippen LogP contribution in [0.2, 0.25) is 0 Å². The van der Waals surface area contributed by atoms with Crippen molar-refractivity contribution in [2.45, 2.75) is 12.8 Å². The first-order valence-corrected chi connectivity index (χ1v) is 11.2. The lowest BCUT2D eigenvalue weighted by atomic mass is 10.2. The van der Waals surface area contributed by atoms with Crippen molar-refractivity contribution >= 4 is 68.0 Å². The van der Waals surface area contributed by atoms with E-state index in [-0.39, 0.29) is 23.6 Å². The van der Waals surface area contributed by atoms with Crippen LogP contribution in [0.5, 0.6) is 5.75 Å². The molecule has 0 saturated carbocycles. The second kappa shape index (κ2) is 10.6. The minimum atomic E-state index is -0.624. The number of hydrogen-bond donors (Lipinski definition) is 3. The molecule has 0 spiro atoms. The maximum atomic E-state index is 12.6. The summed E-state index contributed by atoms with van der Waals surface area (Å²) in [5, 5.41) is 9.65. The van der Waals surface area contributed by atoms with Gasteiger partial charge in [-0.3, -0.25) is 30.1 Å². The number of phenols is 1. The van der Waals surface area contributed by atoms with Gasteiger partial charge in [-0.15, -0.1) is 0 Å². The first-order valence-electron chi connectivity index (χ1n) is 9.23. The van der Waals surface area contributed by atoms with Crippen molar-refractivity contribution in [3.05, 3.63) is 69.0 Å². The maximum absolute atomic E-state index is 12.6. The lowest BCUT2D eigenvalue weighted by molar-refractivity contribution is -0.124. The van der Waals surface area contributed by atoms with Crippen LogP contribution in [0.3, 0.4) is 0 Å². The minimum Gasteiger partial charge on any atom is -0.507 e. The Hall–Kier alpha value is -2.69. The van der Waals surface area contributed by atoms with Crippen LogP contribution in [0.25, 0.3) is 6.08 Å². The Morgan fingerprint density at radius 2 is 1.94 bits per heavy atom. The Morgan fingerprint density at radius 3 is 2.68 bits per heavy atom. The highest BCUT2D eigenvalue weighted by Crippen LogP contribution is 2.33. The lowest BCUT2D eigenvalue weighted by Gasteiger charge is -2.14. The fraction of sp³-hybridized carbons (Fsp3) is 0.143. The van der Waals surface area contributed by atoms with Crippen molar-refractivity contribution in [2.75, 3.05) is 6.54 Å². The predicted octanol–water partition coefficient (Wildman–Crippen LogP) is 3.60. The summed E-state index contributed by atoms with van der Waals surface area (Å²) in [6.07, 6.45) is 2.24. The largest absolute Gasteiger partial charge is 0.507 e. The van der Waals surface area contributed by atoms with Crippen LogP contribution in [0, 0.1) is 0 Å². The number of nitrogens with one attached hydrogen (secondary N) is 2. The lowest BCUT2D eigenvalue weighted by Crippen LogP contribution is -2.42. The Morgan fingerprint density at radius 1 is 1.16 bits per heavy atom. The smallest absolute Gasteiger partial charge is 0.273 e. The minimum absolute atomic E-state index is 0.0533. The Balaban J connectivity index is 1.47. The summed E-state index contributed by atoms with van der Waals surface area (Å²) >= 11 is 9.93. The second-order valence-electron chi connectivity index (χ2n) is 6.51. The molecule has 3 N–H and O–H groups in total.